The van der Waals surface area contributed by atoms with E-state index in [4.69, 9.17) is 4.42 Å². The van der Waals surface area contributed by atoms with Gasteiger partial charge in [0.05, 0.1) is 6.26 Å². The summed E-state index contributed by atoms with van der Waals surface area (Å²) in [7, 11) is -4.66. The average molecular weight is 331 g/mol. The van der Waals surface area contributed by atoms with Crippen molar-refractivity contribution < 1.29 is 21.5 Å². The summed E-state index contributed by atoms with van der Waals surface area (Å²) in [5.41, 5.74) is 0. The molecule has 122 valence electrons. The number of carbonyl (C=O) groups is 1. The van der Waals surface area contributed by atoms with E-state index in [0.717, 1.165) is 16.5 Å². The van der Waals surface area contributed by atoms with Crippen LogP contribution < -0.4 is 5.32 Å². The van der Waals surface area contributed by atoms with Gasteiger partial charge >= 0.3 is 16.4 Å². The Hall–Kier alpha value is -1.61. The molecule has 1 aromatic heterocycles. The van der Waals surface area contributed by atoms with Crippen LogP contribution in [0, 0.1) is 5.92 Å². The van der Waals surface area contributed by atoms with Crippen LogP contribution >= 0.6 is 0 Å². The Kier molecular flexibility index (Phi) is 4.09. The second-order valence-corrected chi connectivity index (χ2v) is 6.97. The Labute approximate surface area is 128 Å². The van der Waals surface area contributed by atoms with E-state index in [-0.39, 0.29) is 32.2 Å². The lowest BCUT2D eigenvalue weighted by molar-refractivity contribution is 0.170. The van der Waals surface area contributed by atoms with Crippen molar-refractivity contribution in [2.75, 3.05) is 32.7 Å². The molecule has 1 N–H and O–H groups in total. The van der Waals surface area contributed by atoms with Crippen LogP contribution in [0.4, 0.5) is 8.68 Å². The van der Waals surface area contributed by atoms with E-state index in [1.165, 1.54) is 4.90 Å². The number of carbonyl (C=O) groups excluding carboxylic acids is 1. The third-order valence-corrected chi connectivity index (χ3v) is 5.16. The largest absolute Gasteiger partial charge is 0.469 e. The van der Waals surface area contributed by atoms with Gasteiger partial charge in [0.15, 0.2) is 0 Å². The lowest BCUT2D eigenvalue weighted by Crippen LogP contribution is -2.52. The van der Waals surface area contributed by atoms with Crippen LogP contribution in [0.15, 0.2) is 22.8 Å². The molecule has 0 radical (unpaired) electrons. The molecule has 0 spiro atoms. The Morgan fingerprint density at radius 2 is 2.09 bits per heavy atom. The minimum Gasteiger partial charge on any atom is -0.469 e. The summed E-state index contributed by atoms with van der Waals surface area (Å²) in [5, 5.41) is 2.84. The maximum absolute atomic E-state index is 12.8. The molecule has 1 saturated heterocycles. The highest BCUT2D eigenvalue weighted by molar-refractivity contribution is 7.83. The van der Waals surface area contributed by atoms with Crippen LogP contribution in [0.1, 0.15) is 18.1 Å². The molecule has 1 aliphatic carbocycles. The van der Waals surface area contributed by atoms with E-state index < -0.39 is 10.4 Å². The number of nitrogens with zero attached hydrogens (tertiary/aromatic N) is 2. The molecule has 9 heteroatoms. The molecule has 1 aromatic rings. The molecule has 3 rings (SSSR count). The second-order valence-electron chi connectivity index (χ2n) is 5.63. The fourth-order valence-corrected chi connectivity index (χ4v) is 3.36. The molecule has 7 nitrogen and oxygen atoms in total. The highest BCUT2D eigenvalue weighted by atomic mass is 32.3. The lowest BCUT2D eigenvalue weighted by atomic mass is 10.2. The van der Waals surface area contributed by atoms with Crippen molar-refractivity contribution in [1.82, 2.24) is 14.5 Å². The maximum atomic E-state index is 12.8. The molecule has 2 fully saturated rings. The molecule has 2 atom stereocenters. The van der Waals surface area contributed by atoms with Gasteiger partial charge in [0.25, 0.3) is 0 Å². The third kappa shape index (κ3) is 3.41. The van der Waals surface area contributed by atoms with Gasteiger partial charge in [0, 0.05) is 38.6 Å². The highest BCUT2D eigenvalue weighted by Crippen LogP contribution is 2.47. The van der Waals surface area contributed by atoms with Gasteiger partial charge in [-0.1, -0.05) is 3.89 Å². The Morgan fingerprint density at radius 3 is 2.68 bits per heavy atom. The average Bonchev–Trinajstić information content (AvgIpc) is 3.05. The standard InChI is InChI=1S/C13H18FN3O4S/c14-22(19,20)17-5-3-16(4-6-17)13(18)15-9-10-8-11(10)12-2-1-7-21-12/h1-2,7,10-11H,3-6,8-9H2,(H,15,18)/t10-,11+/m0/s1. The summed E-state index contributed by atoms with van der Waals surface area (Å²) in [6.07, 6.45) is 2.63. The van der Waals surface area contributed by atoms with Gasteiger partial charge in [0.2, 0.25) is 0 Å². The summed E-state index contributed by atoms with van der Waals surface area (Å²) >= 11 is 0. The predicted octanol–water partition coefficient (Wildman–Crippen LogP) is 0.925. The van der Waals surface area contributed by atoms with Crippen molar-refractivity contribution >= 4 is 16.4 Å². The number of nitrogens with one attached hydrogen (secondary N) is 1. The lowest BCUT2D eigenvalue weighted by Gasteiger charge is -2.32. The molecular formula is C13H18FN3O4S. The molecule has 22 heavy (non-hydrogen) atoms. The minimum atomic E-state index is -4.66. The Balaban J connectivity index is 1.41. The van der Waals surface area contributed by atoms with Crippen LogP contribution in [0.5, 0.6) is 0 Å². The Bertz CT molecular complexity index is 626. The van der Waals surface area contributed by atoms with Crippen LogP contribution in [-0.4, -0.2) is 56.4 Å². The fraction of sp³-hybridized carbons (Fsp3) is 0.615. The van der Waals surface area contributed by atoms with Gasteiger partial charge in [-0.2, -0.15) is 12.7 Å². The molecular weight excluding hydrogens is 313 g/mol. The number of amides is 2. The van der Waals surface area contributed by atoms with Crippen molar-refractivity contribution in [2.45, 2.75) is 12.3 Å². The third-order valence-electron chi connectivity index (χ3n) is 4.18. The van der Waals surface area contributed by atoms with Crippen molar-refractivity contribution in [3.05, 3.63) is 24.2 Å². The molecule has 0 unspecified atom stereocenters. The van der Waals surface area contributed by atoms with Crippen molar-refractivity contribution in [1.29, 1.82) is 0 Å². The van der Waals surface area contributed by atoms with Crippen molar-refractivity contribution in [2.24, 2.45) is 5.92 Å². The molecule has 1 saturated carbocycles. The number of rotatable bonds is 4. The quantitative estimate of drug-likeness (QED) is 0.832. The molecule has 2 aliphatic rings. The Morgan fingerprint density at radius 1 is 1.36 bits per heavy atom. The normalized spacial score (nSPS) is 26.0. The number of furan rings is 1. The van der Waals surface area contributed by atoms with E-state index in [2.05, 4.69) is 5.32 Å². The first-order chi connectivity index (χ1) is 10.4. The van der Waals surface area contributed by atoms with E-state index in [0.29, 0.717) is 18.4 Å². The summed E-state index contributed by atoms with van der Waals surface area (Å²) in [6.45, 7) is 0.934. The van der Waals surface area contributed by atoms with Gasteiger partial charge in [-0.15, -0.1) is 0 Å². The van der Waals surface area contributed by atoms with E-state index in [1.807, 2.05) is 12.1 Å². The first-order valence-electron chi connectivity index (χ1n) is 7.21. The van der Waals surface area contributed by atoms with E-state index >= 15 is 0 Å². The maximum Gasteiger partial charge on any atom is 0.374 e. The number of piperazine rings is 1. The van der Waals surface area contributed by atoms with Gasteiger partial charge in [0.1, 0.15) is 5.76 Å². The highest BCUT2D eigenvalue weighted by Gasteiger charge is 2.40. The molecule has 0 aromatic carbocycles. The van der Waals surface area contributed by atoms with Gasteiger partial charge in [-0.3, -0.25) is 0 Å². The van der Waals surface area contributed by atoms with Gasteiger partial charge in [-0.05, 0) is 24.5 Å². The first kappa shape index (κ1) is 15.3. The van der Waals surface area contributed by atoms with Gasteiger partial charge < -0.3 is 14.6 Å². The van der Waals surface area contributed by atoms with E-state index in [1.54, 1.807) is 6.26 Å². The molecule has 0 bridgehead atoms. The van der Waals surface area contributed by atoms with E-state index in [9.17, 15) is 17.1 Å². The topological polar surface area (TPSA) is 82.9 Å². The smallest absolute Gasteiger partial charge is 0.374 e. The fourth-order valence-electron chi connectivity index (χ4n) is 2.76. The summed E-state index contributed by atoms with van der Waals surface area (Å²) in [4.78, 5) is 13.5. The van der Waals surface area contributed by atoms with Crippen LogP contribution in [0.25, 0.3) is 0 Å². The van der Waals surface area contributed by atoms with Crippen LogP contribution in [0.3, 0.4) is 0 Å². The van der Waals surface area contributed by atoms with Crippen molar-refractivity contribution in [3.8, 4) is 0 Å². The zero-order valence-electron chi connectivity index (χ0n) is 11.9. The van der Waals surface area contributed by atoms with Crippen LogP contribution in [-0.2, 0) is 10.4 Å². The SMILES string of the molecule is O=C(NC[C@@H]1C[C@H]1c1ccco1)N1CCN(S(=O)(=O)F)CC1. The summed E-state index contributed by atoms with van der Waals surface area (Å²) in [5.74, 6) is 1.69. The van der Waals surface area contributed by atoms with Crippen LogP contribution in [0.2, 0.25) is 0 Å². The molecule has 2 amide bonds. The zero-order valence-corrected chi connectivity index (χ0v) is 12.8. The minimum absolute atomic E-state index is 0.00922. The zero-order chi connectivity index (χ0) is 15.7. The molecule has 2 heterocycles. The number of urea groups is 1. The first-order valence-corrected chi connectivity index (χ1v) is 8.55. The molecule has 1 aliphatic heterocycles. The monoisotopic (exact) mass is 331 g/mol. The number of hydrogen-bond donors (Lipinski definition) is 1. The van der Waals surface area contributed by atoms with Crippen molar-refractivity contribution in [3.63, 3.8) is 0 Å². The summed E-state index contributed by atoms with van der Waals surface area (Å²) < 4.78 is 40.4. The predicted molar refractivity (Wildman–Crippen MR) is 76.1 cm³/mol. The second kappa shape index (κ2) is 5.88. The number of hydrogen-bond acceptors (Lipinski definition) is 4. The van der Waals surface area contributed by atoms with Gasteiger partial charge in [-0.25, -0.2) is 4.79 Å². The number of halogens is 1. The summed E-state index contributed by atoms with van der Waals surface area (Å²) in [6, 6.07) is 3.55.